The summed E-state index contributed by atoms with van der Waals surface area (Å²) in [6, 6.07) is 13.7. The van der Waals surface area contributed by atoms with Crippen LogP contribution in [0.25, 0.3) is 16.7 Å². The monoisotopic (exact) mass is 457 g/mol. The molecule has 0 unspecified atom stereocenters. The quantitative estimate of drug-likeness (QED) is 0.412. The van der Waals surface area contributed by atoms with Gasteiger partial charge in [-0.15, -0.1) is 0 Å². The van der Waals surface area contributed by atoms with E-state index < -0.39 is 5.91 Å². The molecule has 1 aromatic carbocycles. The van der Waals surface area contributed by atoms with Crippen molar-refractivity contribution >= 4 is 22.6 Å². The van der Waals surface area contributed by atoms with Crippen LogP contribution in [0.4, 0.5) is 0 Å². The molecule has 0 atom stereocenters. The fourth-order valence-electron chi connectivity index (χ4n) is 3.71. The van der Waals surface area contributed by atoms with Crippen molar-refractivity contribution in [3.05, 3.63) is 81.2 Å². The van der Waals surface area contributed by atoms with Gasteiger partial charge < -0.3 is 14.0 Å². The molecule has 0 saturated carbocycles. The number of methoxy groups -OCH3 is 1. The SMILES string of the molecule is CCOc1ccc(C(=O)N=c2c(C#N)cc3c(=O)n4cccc(C)c4nc3n2CCOC)cc1. The Hall–Kier alpha value is -4.29. The van der Waals surface area contributed by atoms with Crippen molar-refractivity contribution < 1.29 is 14.3 Å². The summed E-state index contributed by atoms with van der Waals surface area (Å²) >= 11 is 0. The molecular weight excluding hydrogens is 434 g/mol. The average molecular weight is 457 g/mol. The van der Waals surface area contributed by atoms with E-state index >= 15 is 0 Å². The van der Waals surface area contributed by atoms with Crippen LogP contribution in [0.1, 0.15) is 28.4 Å². The summed E-state index contributed by atoms with van der Waals surface area (Å²) in [6.45, 7) is 4.76. The van der Waals surface area contributed by atoms with Crippen LogP contribution in [0.2, 0.25) is 0 Å². The van der Waals surface area contributed by atoms with E-state index in [1.807, 2.05) is 19.9 Å². The summed E-state index contributed by atoms with van der Waals surface area (Å²) in [5.41, 5.74) is 1.87. The topological polar surface area (TPSA) is 111 Å². The van der Waals surface area contributed by atoms with E-state index in [0.717, 1.165) is 5.56 Å². The Balaban J connectivity index is 2.00. The van der Waals surface area contributed by atoms with Gasteiger partial charge in [0.15, 0.2) is 5.49 Å². The molecule has 34 heavy (non-hydrogen) atoms. The molecule has 0 aliphatic heterocycles. The van der Waals surface area contributed by atoms with Gasteiger partial charge in [0.05, 0.1) is 24.2 Å². The number of ether oxygens (including phenoxy) is 2. The number of hydrogen-bond acceptors (Lipinski definition) is 6. The van der Waals surface area contributed by atoms with Crippen LogP contribution in [0.15, 0.2) is 58.4 Å². The number of amides is 1. The van der Waals surface area contributed by atoms with E-state index in [0.29, 0.717) is 29.2 Å². The van der Waals surface area contributed by atoms with Gasteiger partial charge in [-0.1, -0.05) is 6.07 Å². The van der Waals surface area contributed by atoms with E-state index in [-0.39, 0.29) is 35.1 Å². The molecule has 0 N–H and O–H groups in total. The van der Waals surface area contributed by atoms with Gasteiger partial charge in [-0.3, -0.25) is 14.0 Å². The standard InChI is InChI=1S/C25H23N5O4/c1-4-34-19-9-7-17(8-10-19)24(31)28-22-18(15-26)14-20-23(29(22)12-13-33-3)27-21-16(2)6-5-11-30(21)25(20)32/h5-11,14H,4,12-13H2,1-3H3. The maximum atomic E-state index is 13.2. The number of nitriles is 1. The minimum absolute atomic E-state index is 0.0920. The van der Waals surface area contributed by atoms with Crippen LogP contribution in [0, 0.1) is 18.3 Å². The van der Waals surface area contributed by atoms with Crippen LogP contribution < -0.4 is 15.8 Å². The Kier molecular flexibility index (Phi) is 6.52. The summed E-state index contributed by atoms with van der Waals surface area (Å²) in [6.07, 6.45) is 1.64. The lowest BCUT2D eigenvalue weighted by Crippen LogP contribution is -2.30. The number of carbonyl (C=O) groups is 1. The third-order valence-electron chi connectivity index (χ3n) is 5.36. The Labute approximate surface area is 195 Å². The van der Waals surface area contributed by atoms with Crippen molar-refractivity contribution in [1.29, 1.82) is 5.26 Å². The number of rotatable bonds is 6. The third-order valence-corrected chi connectivity index (χ3v) is 5.36. The number of aromatic nitrogens is 3. The second-order valence-corrected chi connectivity index (χ2v) is 7.55. The predicted octanol–water partition coefficient (Wildman–Crippen LogP) is 2.62. The number of nitrogens with zero attached hydrogens (tertiary/aromatic N) is 5. The number of pyridine rings is 2. The molecule has 1 amide bonds. The summed E-state index contributed by atoms with van der Waals surface area (Å²) < 4.78 is 13.7. The molecule has 9 nitrogen and oxygen atoms in total. The fourth-order valence-corrected chi connectivity index (χ4v) is 3.71. The van der Waals surface area contributed by atoms with Crippen molar-refractivity contribution in [2.45, 2.75) is 20.4 Å². The first-order chi connectivity index (χ1) is 16.5. The molecule has 0 fully saturated rings. The molecule has 172 valence electrons. The van der Waals surface area contributed by atoms with Crippen molar-refractivity contribution in [2.75, 3.05) is 20.3 Å². The number of fused-ring (bicyclic) bond motifs is 2. The highest BCUT2D eigenvalue weighted by molar-refractivity contribution is 5.95. The molecular formula is C25H23N5O4. The van der Waals surface area contributed by atoms with E-state index in [1.54, 1.807) is 48.2 Å². The zero-order valence-corrected chi connectivity index (χ0v) is 19.1. The second kappa shape index (κ2) is 9.68. The maximum Gasteiger partial charge on any atom is 0.278 e. The lowest BCUT2D eigenvalue weighted by atomic mass is 10.2. The van der Waals surface area contributed by atoms with Crippen LogP contribution in [0.5, 0.6) is 5.75 Å². The predicted molar refractivity (Wildman–Crippen MR) is 126 cm³/mol. The summed E-state index contributed by atoms with van der Waals surface area (Å²) in [4.78, 5) is 35.2. The highest BCUT2D eigenvalue weighted by Gasteiger charge is 2.16. The van der Waals surface area contributed by atoms with Gasteiger partial charge in [-0.2, -0.15) is 10.3 Å². The molecule has 3 aromatic heterocycles. The number of hydrogen-bond donors (Lipinski definition) is 0. The molecule has 3 heterocycles. The third kappa shape index (κ3) is 4.19. The minimum Gasteiger partial charge on any atom is -0.494 e. The fraction of sp³-hybridized carbons (Fsp3) is 0.240. The second-order valence-electron chi connectivity index (χ2n) is 7.55. The van der Waals surface area contributed by atoms with Crippen LogP contribution in [-0.2, 0) is 11.3 Å². The molecule has 0 saturated heterocycles. The van der Waals surface area contributed by atoms with Gasteiger partial charge in [0, 0.05) is 25.4 Å². The van der Waals surface area contributed by atoms with E-state index in [4.69, 9.17) is 14.5 Å². The van der Waals surface area contributed by atoms with Gasteiger partial charge >= 0.3 is 0 Å². The Morgan fingerprint density at radius 3 is 2.65 bits per heavy atom. The lowest BCUT2D eigenvalue weighted by Gasteiger charge is -2.13. The van der Waals surface area contributed by atoms with Crippen LogP contribution in [0.3, 0.4) is 0 Å². The van der Waals surface area contributed by atoms with Crippen molar-refractivity contribution in [3.8, 4) is 11.8 Å². The first kappa shape index (κ1) is 22.9. The first-order valence-electron chi connectivity index (χ1n) is 10.7. The number of aryl methyl sites for hydroxylation is 1. The zero-order valence-electron chi connectivity index (χ0n) is 19.1. The summed E-state index contributed by atoms with van der Waals surface area (Å²) in [5.74, 6) is 0.114. The lowest BCUT2D eigenvalue weighted by molar-refractivity contribution is 0.0996. The zero-order chi connectivity index (χ0) is 24.2. The Bertz CT molecular complexity index is 1560. The van der Waals surface area contributed by atoms with Gasteiger partial charge in [-0.25, -0.2) is 4.98 Å². The molecule has 0 aliphatic carbocycles. The number of benzene rings is 1. The van der Waals surface area contributed by atoms with E-state index in [1.165, 1.54) is 10.5 Å². The molecule has 0 radical (unpaired) electrons. The van der Waals surface area contributed by atoms with Crippen LogP contribution >= 0.6 is 0 Å². The largest absolute Gasteiger partial charge is 0.494 e. The highest BCUT2D eigenvalue weighted by atomic mass is 16.5. The van der Waals surface area contributed by atoms with Crippen LogP contribution in [-0.4, -0.2) is 40.2 Å². The van der Waals surface area contributed by atoms with Gasteiger partial charge in [0.1, 0.15) is 23.1 Å². The summed E-state index contributed by atoms with van der Waals surface area (Å²) in [5, 5.41) is 10.1. The van der Waals surface area contributed by atoms with Gasteiger partial charge in [0.2, 0.25) is 0 Å². The minimum atomic E-state index is -0.529. The molecule has 0 aliphatic rings. The summed E-state index contributed by atoms with van der Waals surface area (Å²) in [7, 11) is 1.54. The molecule has 0 spiro atoms. The van der Waals surface area contributed by atoms with E-state index in [2.05, 4.69) is 11.1 Å². The average Bonchev–Trinajstić information content (AvgIpc) is 2.84. The normalized spacial score (nSPS) is 11.6. The van der Waals surface area contributed by atoms with Crippen molar-refractivity contribution in [3.63, 3.8) is 0 Å². The molecule has 4 aromatic rings. The molecule has 4 rings (SSSR count). The van der Waals surface area contributed by atoms with Crippen molar-refractivity contribution in [1.82, 2.24) is 14.0 Å². The first-order valence-corrected chi connectivity index (χ1v) is 10.7. The molecule has 0 bridgehead atoms. The maximum absolute atomic E-state index is 13.2. The number of carbonyl (C=O) groups excluding carboxylic acids is 1. The van der Waals surface area contributed by atoms with E-state index in [9.17, 15) is 14.9 Å². The molecule has 9 heteroatoms. The van der Waals surface area contributed by atoms with Gasteiger partial charge in [-0.05, 0) is 55.8 Å². The van der Waals surface area contributed by atoms with Gasteiger partial charge in [0.25, 0.3) is 11.5 Å². The Morgan fingerprint density at radius 1 is 1.21 bits per heavy atom. The smallest absolute Gasteiger partial charge is 0.278 e. The highest BCUT2D eigenvalue weighted by Crippen LogP contribution is 2.14. The Morgan fingerprint density at radius 2 is 1.97 bits per heavy atom. The van der Waals surface area contributed by atoms with Crippen molar-refractivity contribution in [2.24, 2.45) is 4.99 Å².